The van der Waals surface area contributed by atoms with Crippen LogP contribution in [-0.4, -0.2) is 35.1 Å². The molecule has 3 heteroatoms. The zero-order chi connectivity index (χ0) is 11.4. The molecule has 88 valence electrons. The summed E-state index contributed by atoms with van der Waals surface area (Å²) in [6.45, 7) is 6.82. The van der Waals surface area contributed by atoms with Crippen molar-refractivity contribution in [1.82, 2.24) is 4.90 Å². The van der Waals surface area contributed by atoms with E-state index in [4.69, 9.17) is 5.11 Å². The van der Waals surface area contributed by atoms with E-state index in [0.717, 1.165) is 19.3 Å². The fraction of sp³-hybridized carbons (Fsp3) is 0.917. The molecule has 0 aromatic carbocycles. The van der Waals surface area contributed by atoms with Gasteiger partial charge in [0, 0.05) is 18.5 Å². The van der Waals surface area contributed by atoms with Crippen LogP contribution in [0.5, 0.6) is 0 Å². The lowest BCUT2D eigenvalue weighted by molar-refractivity contribution is -0.137. The van der Waals surface area contributed by atoms with Crippen molar-refractivity contribution in [2.75, 3.05) is 13.2 Å². The van der Waals surface area contributed by atoms with E-state index in [9.17, 15) is 4.79 Å². The van der Waals surface area contributed by atoms with E-state index in [1.807, 2.05) is 11.8 Å². The highest BCUT2D eigenvalue weighted by Crippen LogP contribution is 2.29. The van der Waals surface area contributed by atoms with Gasteiger partial charge in [-0.25, -0.2) is 0 Å². The molecule has 0 bridgehead atoms. The predicted molar refractivity (Wildman–Crippen MR) is 60.4 cm³/mol. The van der Waals surface area contributed by atoms with Crippen LogP contribution in [0.25, 0.3) is 0 Å². The van der Waals surface area contributed by atoms with Gasteiger partial charge in [-0.2, -0.15) is 0 Å². The molecule has 3 nitrogen and oxygen atoms in total. The molecule has 2 atom stereocenters. The van der Waals surface area contributed by atoms with Gasteiger partial charge >= 0.3 is 0 Å². The van der Waals surface area contributed by atoms with Gasteiger partial charge in [-0.3, -0.25) is 4.79 Å². The summed E-state index contributed by atoms with van der Waals surface area (Å²) in [6.07, 6.45) is 3.25. The van der Waals surface area contributed by atoms with Crippen LogP contribution < -0.4 is 0 Å². The lowest BCUT2D eigenvalue weighted by Gasteiger charge is -2.27. The van der Waals surface area contributed by atoms with E-state index in [-0.39, 0.29) is 18.4 Å². The molecule has 0 radical (unpaired) electrons. The summed E-state index contributed by atoms with van der Waals surface area (Å²) < 4.78 is 0. The molecule has 1 aliphatic rings. The number of aliphatic hydroxyl groups excluding tert-OH is 1. The fourth-order valence-electron chi connectivity index (χ4n) is 1.83. The van der Waals surface area contributed by atoms with Gasteiger partial charge in [-0.15, -0.1) is 0 Å². The van der Waals surface area contributed by atoms with Crippen LogP contribution >= 0.6 is 0 Å². The summed E-state index contributed by atoms with van der Waals surface area (Å²) in [4.78, 5) is 14.0. The van der Waals surface area contributed by atoms with Crippen molar-refractivity contribution >= 4 is 5.91 Å². The molecule has 0 aromatic heterocycles. The highest BCUT2D eigenvalue weighted by Gasteiger charge is 2.35. The number of hydrogen-bond donors (Lipinski definition) is 1. The number of nitrogens with zero attached hydrogens (tertiary/aromatic N) is 1. The summed E-state index contributed by atoms with van der Waals surface area (Å²) in [5.74, 6) is 0.737. The first-order valence-electron chi connectivity index (χ1n) is 6.03. The molecule has 1 aliphatic carbocycles. The molecule has 1 N–H and O–H groups in total. The number of amides is 1. The molecule has 15 heavy (non-hydrogen) atoms. The van der Waals surface area contributed by atoms with E-state index in [2.05, 4.69) is 13.8 Å². The highest BCUT2D eigenvalue weighted by molar-refractivity contribution is 5.79. The molecule has 0 saturated heterocycles. The topological polar surface area (TPSA) is 40.5 Å². The Balaban J connectivity index is 2.54. The fourth-order valence-corrected chi connectivity index (χ4v) is 1.83. The van der Waals surface area contributed by atoms with E-state index >= 15 is 0 Å². The number of rotatable bonds is 6. The Morgan fingerprint density at radius 2 is 2.07 bits per heavy atom. The first-order valence-corrected chi connectivity index (χ1v) is 6.03. The minimum absolute atomic E-state index is 0.0788. The van der Waals surface area contributed by atoms with Crippen molar-refractivity contribution in [3.63, 3.8) is 0 Å². The van der Waals surface area contributed by atoms with Crippen LogP contribution in [0.15, 0.2) is 0 Å². The highest BCUT2D eigenvalue weighted by atomic mass is 16.3. The van der Waals surface area contributed by atoms with Gasteiger partial charge in [0.2, 0.25) is 5.91 Å². The maximum atomic E-state index is 12.1. The van der Waals surface area contributed by atoms with Gasteiger partial charge < -0.3 is 10.0 Å². The minimum atomic E-state index is 0.0788. The molecular weight excluding hydrogens is 190 g/mol. The lowest BCUT2D eigenvalue weighted by atomic mass is 9.92. The number of hydrogen-bond acceptors (Lipinski definition) is 2. The van der Waals surface area contributed by atoms with Crippen molar-refractivity contribution < 1.29 is 9.90 Å². The summed E-state index contributed by atoms with van der Waals surface area (Å²) >= 11 is 0. The second kappa shape index (κ2) is 5.50. The van der Waals surface area contributed by atoms with E-state index in [1.165, 1.54) is 0 Å². The maximum absolute atomic E-state index is 12.1. The second-order valence-corrected chi connectivity index (χ2v) is 4.66. The van der Waals surface area contributed by atoms with Crippen LogP contribution in [0.1, 0.15) is 40.0 Å². The normalized spacial score (nSPS) is 19.7. The first kappa shape index (κ1) is 12.5. The largest absolute Gasteiger partial charge is 0.395 e. The molecule has 1 fully saturated rings. The third-order valence-corrected chi connectivity index (χ3v) is 3.50. The standard InChI is InChI=1S/C12H23NO2/c1-4-9(2)10(3)12(15)13(7-8-14)11-5-6-11/h9-11,14H,4-8H2,1-3H3. The van der Waals surface area contributed by atoms with Crippen molar-refractivity contribution in [2.24, 2.45) is 11.8 Å². The Bertz CT molecular complexity index is 214. The van der Waals surface area contributed by atoms with Gasteiger partial charge in [-0.05, 0) is 18.8 Å². The zero-order valence-electron chi connectivity index (χ0n) is 10.1. The van der Waals surface area contributed by atoms with E-state index in [1.54, 1.807) is 0 Å². The molecule has 1 amide bonds. The summed E-state index contributed by atoms with van der Waals surface area (Å²) in [6, 6.07) is 0.413. The third-order valence-electron chi connectivity index (χ3n) is 3.50. The maximum Gasteiger partial charge on any atom is 0.225 e. The molecule has 2 unspecified atom stereocenters. The average molecular weight is 213 g/mol. The minimum Gasteiger partial charge on any atom is -0.395 e. The Kier molecular flexibility index (Phi) is 4.58. The lowest BCUT2D eigenvalue weighted by Crippen LogP contribution is -2.40. The molecule has 1 saturated carbocycles. The predicted octanol–water partition coefficient (Wildman–Crippen LogP) is 1.65. The Labute approximate surface area is 92.5 Å². The van der Waals surface area contributed by atoms with Crippen LogP contribution in [-0.2, 0) is 4.79 Å². The van der Waals surface area contributed by atoms with Gasteiger partial charge in [0.05, 0.1) is 6.61 Å². The Morgan fingerprint density at radius 3 is 2.47 bits per heavy atom. The second-order valence-electron chi connectivity index (χ2n) is 4.66. The SMILES string of the molecule is CCC(C)C(C)C(=O)N(CCO)C1CC1. The van der Waals surface area contributed by atoms with Crippen molar-refractivity contribution in [3.8, 4) is 0 Å². The van der Waals surface area contributed by atoms with Crippen LogP contribution in [0.4, 0.5) is 0 Å². The van der Waals surface area contributed by atoms with E-state index in [0.29, 0.717) is 18.5 Å². The Hall–Kier alpha value is -0.570. The molecule has 0 aromatic rings. The average Bonchev–Trinajstić information content (AvgIpc) is 3.06. The van der Waals surface area contributed by atoms with Crippen LogP contribution in [0.2, 0.25) is 0 Å². The zero-order valence-corrected chi connectivity index (χ0v) is 10.1. The van der Waals surface area contributed by atoms with Gasteiger partial charge in [-0.1, -0.05) is 27.2 Å². The quantitative estimate of drug-likeness (QED) is 0.729. The monoisotopic (exact) mass is 213 g/mol. The van der Waals surface area contributed by atoms with Gasteiger partial charge in [0.25, 0.3) is 0 Å². The van der Waals surface area contributed by atoms with Crippen molar-refractivity contribution in [2.45, 2.75) is 46.1 Å². The molecular formula is C12H23NO2. The number of carbonyl (C=O) groups is 1. The molecule has 1 rings (SSSR count). The van der Waals surface area contributed by atoms with Gasteiger partial charge in [0.1, 0.15) is 0 Å². The molecule has 0 heterocycles. The van der Waals surface area contributed by atoms with Crippen molar-refractivity contribution in [1.29, 1.82) is 0 Å². The first-order chi connectivity index (χ1) is 7.11. The summed E-state index contributed by atoms with van der Waals surface area (Å²) in [5, 5.41) is 8.95. The number of aliphatic hydroxyl groups is 1. The third kappa shape index (κ3) is 3.20. The smallest absolute Gasteiger partial charge is 0.225 e. The summed E-state index contributed by atoms with van der Waals surface area (Å²) in [5.41, 5.74) is 0. The van der Waals surface area contributed by atoms with Crippen molar-refractivity contribution in [3.05, 3.63) is 0 Å². The Morgan fingerprint density at radius 1 is 1.47 bits per heavy atom. The summed E-state index contributed by atoms with van der Waals surface area (Å²) in [7, 11) is 0. The van der Waals surface area contributed by atoms with E-state index < -0.39 is 0 Å². The molecule has 0 spiro atoms. The van der Waals surface area contributed by atoms with Gasteiger partial charge in [0.15, 0.2) is 0 Å². The van der Waals surface area contributed by atoms with Crippen LogP contribution in [0.3, 0.4) is 0 Å². The number of carbonyl (C=O) groups excluding carboxylic acids is 1. The molecule has 0 aliphatic heterocycles. The van der Waals surface area contributed by atoms with Crippen LogP contribution in [0, 0.1) is 11.8 Å².